The second-order valence-corrected chi connectivity index (χ2v) is 4.41. The molecule has 17 heavy (non-hydrogen) atoms. The van der Waals surface area contributed by atoms with Crippen molar-refractivity contribution in [3.05, 3.63) is 46.9 Å². The summed E-state index contributed by atoms with van der Waals surface area (Å²) in [5.74, 6) is 0.226. The Morgan fingerprint density at radius 2 is 2.06 bits per heavy atom. The van der Waals surface area contributed by atoms with Gasteiger partial charge in [0, 0.05) is 0 Å². The van der Waals surface area contributed by atoms with E-state index < -0.39 is 0 Å². The van der Waals surface area contributed by atoms with E-state index >= 15 is 0 Å². The summed E-state index contributed by atoms with van der Waals surface area (Å²) in [5, 5.41) is 4.57. The van der Waals surface area contributed by atoms with Gasteiger partial charge in [-0.25, -0.2) is 9.07 Å². The van der Waals surface area contributed by atoms with Gasteiger partial charge in [0.1, 0.15) is 16.7 Å². The lowest BCUT2D eigenvalue weighted by Crippen LogP contribution is -2.12. The summed E-state index contributed by atoms with van der Waals surface area (Å²) in [7, 11) is 0. The Bertz CT molecular complexity index is 507. The molecule has 0 radical (unpaired) electrons. The Kier molecular flexibility index (Phi) is 3.33. The van der Waals surface area contributed by atoms with Crippen LogP contribution < -0.4 is 5.73 Å². The molecule has 3 nitrogen and oxygen atoms in total. The highest BCUT2D eigenvalue weighted by Crippen LogP contribution is 2.23. The number of nitrogens with zero attached hydrogens (tertiary/aromatic N) is 2. The van der Waals surface area contributed by atoms with Crippen molar-refractivity contribution in [2.45, 2.75) is 19.4 Å². The number of hydrogen-bond acceptors (Lipinski definition) is 2. The topological polar surface area (TPSA) is 43.8 Å². The number of benzene rings is 1. The van der Waals surface area contributed by atoms with Crippen LogP contribution in [0.15, 0.2) is 30.5 Å². The highest BCUT2D eigenvalue weighted by Gasteiger charge is 2.12. The molecule has 2 aromatic rings. The van der Waals surface area contributed by atoms with Gasteiger partial charge in [-0.05, 0) is 31.0 Å². The number of rotatable bonds is 3. The van der Waals surface area contributed by atoms with E-state index in [9.17, 15) is 4.39 Å². The molecule has 1 unspecified atom stereocenters. The first-order valence-electron chi connectivity index (χ1n) is 5.31. The van der Waals surface area contributed by atoms with Crippen LogP contribution in [0.1, 0.15) is 18.5 Å². The minimum Gasteiger partial charge on any atom is -0.383 e. The van der Waals surface area contributed by atoms with Gasteiger partial charge in [0.25, 0.3) is 0 Å². The van der Waals surface area contributed by atoms with Gasteiger partial charge in [0.05, 0.1) is 12.2 Å². The molecule has 1 atom stereocenters. The average molecular weight is 254 g/mol. The zero-order valence-corrected chi connectivity index (χ0v) is 10.2. The third-order valence-electron chi connectivity index (χ3n) is 2.65. The van der Waals surface area contributed by atoms with Gasteiger partial charge >= 0.3 is 0 Å². The number of halogens is 2. The molecule has 0 saturated carbocycles. The van der Waals surface area contributed by atoms with E-state index in [0.29, 0.717) is 10.8 Å². The van der Waals surface area contributed by atoms with Crippen LogP contribution in [0.3, 0.4) is 0 Å². The van der Waals surface area contributed by atoms with Crippen molar-refractivity contribution in [3.63, 3.8) is 0 Å². The second-order valence-electron chi connectivity index (χ2n) is 4.00. The molecule has 1 aromatic carbocycles. The van der Waals surface area contributed by atoms with Crippen LogP contribution in [0.25, 0.3) is 0 Å². The molecule has 2 rings (SSSR count). The summed E-state index contributed by atoms with van der Waals surface area (Å²) in [6.07, 6.45) is 2.25. The van der Waals surface area contributed by atoms with Crippen molar-refractivity contribution >= 4 is 17.4 Å². The molecule has 0 aliphatic heterocycles. The second kappa shape index (κ2) is 4.75. The molecule has 0 fully saturated rings. The zero-order valence-electron chi connectivity index (χ0n) is 9.40. The van der Waals surface area contributed by atoms with E-state index in [1.54, 1.807) is 16.8 Å². The molecular weight excluding hydrogens is 241 g/mol. The van der Waals surface area contributed by atoms with Crippen molar-refractivity contribution in [3.8, 4) is 0 Å². The predicted molar refractivity (Wildman–Crippen MR) is 66.5 cm³/mol. The summed E-state index contributed by atoms with van der Waals surface area (Å²) < 4.78 is 14.4. The minimum atomic E-state index is -0.233. The van der Waals surface area contributed by atoms with Crippen molar-refractivity contribution in [1.82, 2.24) is 9.78 Å². The first kappa shape index (κ1) is 11.9. The summed E-state index contributed by atoms with van der Waals surface area (Å²) in [6, 6.07) is 6.48. The number of anilines is 1. The average Bonchev–Trinajstić information content (AvgIpc) is 2.63. The van der Waals surface area contributed by atoms with Crippen LogP contribution in [0.4, 0.5) is 10.2 Å². The van der Waals surface area contributed by atoms with Crippen molar-refractivity contribution in [2.75, 3.05) is 5.73 Å². The van der Waals surface area contributed by atoms with Gasteiger partial charge in [-0.2, -0.15) is 5.10 Å². The maximum absolute atomic E-state index is 12.8. The molecule has 0 spiro atoms. The number of nitrogens with two attached hydrogens (primary N) is 1. The van der Waals surface area contributed by atoms with Crippen LogP contribution in [-0.2, 0) is 6.42 Å². The van der Waals surface area contributed by atoms with Gasteiger partial charge in [0.15, 0.2) is 0 Å². The summed E-state index contributed by atoms with van der Waals surface area (Å²) in [5.41, 5.74) is 6.82. The number of nitrogen functional groups attached to an aromatic ring is 1. The molecule has 1 heterocycles. The smallest absolute Gasteiger partial charge is 0.140 e. The third kappa shape index (κ3) is 2.58. The van der Waals surface area contributed by atoms with Crippen LogP contribution in [0.2, 0.25) is 5.02 Å². The molecule has 0 saturated heterocycles. The standard InChI is InChI=1S/C12H13ClFN3/c1-8(17-12(15)11(13)7-16-17)6-9-2-4-10(14)5-3-9/h2-5,7-8H,6,15H2,1H3. The Labute approximate surface area is 104 Å². The first-order chi connectivity index (χ1) is 8.08. The molecule has 1 aromatic heterocycles. The lowest BCUT2D eigenvalue weighted by atomic mass is 10.1. The Morgan fingerprint density at radius 3 is 2.59 bits per heavy atom. The van der Waals surface area contributed by atoms with Crippen LogP contribution in [-0.4, -0.2) is 9.78 Å². The van der Waals surface area contributed by atoms with Gasteiger partial charge in [-0.3, -0.25) is 0 Å². The van der Waals surface area contributed by atoms with Crippen LogP contribution in [0, 0.1) is 5.82 Å². The van der Waals surface area contributed by atoms with Crippen molar-refractivity contribution < 1.29 is 4.39 Å². The van der Waals surface area contributed by atoms with Crippen LogP contribution in [0.5, 0.6) is 0 Å². The fourth-order valence-electron chi connectivity index (χ4n) is 1.75. The highest BCUT2D eigenvalue weighted by atomic mass is 35.5. The van der Waals surface area contributed by atoms with E-state index in [2.05, 4.69) is 5.10 Å². The molecular formula is C12H13ClFN3. The fourth-order valence-corrected chi connectivity index (χ4v) is 1.88. The fraction of sp³-hybridized carbons (Fsp3) is 0.250. The monoisotopic (exact) mass is 253 g/mol. The molecule has 0 amide bonds. The van der Waals surface area contributed by atoms with Crippen molar-refractivity contribution in [1.29, 1.82) is 0 Å². The van der Waals surface area contributed by atoms with E-state index in [0.717, 1.165) is 12.0 Å². The molecule has 2 N–H and O–H groups in total. The SMILES string of the molecule is CC(Cc1ccc(F)cc1)n1ncc(Cl)c1N. The van der Waals surface area contributed by atoms with Gasteiger partial charge in [0.2, 0.25) is 0 Å². The Balaban J connectivity index is 2.14. The normalized spacial score (nSPS) is 12.6. The maximum atomic E-state index is 12.8. The molecule has 5 heteroatoms. The molecule has 90 valence electrons. The Morgan fingerprint density at radius 1 is 1.41 bits per heavy atom. The van der Waals surface area contributed by atoms with E-state index in [1.165, 1.54) is 18.3 Å². The summed E-state index contributed by atoms with van der Waals surface area (Å²) >= 11 is 5.84. The third-order valence-corrected chi connectivity index (χ3v) is 2.94. The zero-order chi connectivity index (χ0) is 12.4. The predicted octanol–water partition coefficient (Wildman–Crippen LogP) is 3.06. The van der Waals surface area contributed by atoms with Gasteiger partial charge < -0.3 is 5.73 Å². The lowest BCUT2D eigenvalue weighted by Gasteiger charge is -2.13. The minimum absolute atomic E-state index is 0.0768. The molecule has 0 aliphatic carbocycles. The first-order valence-corrected chi connectivity index (χ1v) is 5.68. The maximum Gasteiger partial charge on any atom is 0.140 e. The lowest BCUT2D eigenvalue weighted by molar-refractivity contribution is 0.495. The summed E-state index contributed by atoms with van der Waals surface area (Å²) in [4.78, 5) is 0. The highest BCUT2D eigenvalue weighted by molar-refractivity contribution is 6.32. The largest absolute Gasteiger partial charge is 0.383 e. The molecule has 0 bridgehead atoms. The summed E-state index contributed by atoms with van der Waals surface area (Å²) in [6.45, 7) is 1.99. The molecule has 0 aliphatic rings. The van der Waals surface area contributed by atoms with Crippen molar-refractivity contribution in [2.24, 2.45) is 0 Å². The number of aromatic nitrogens is 2. The van der Waals surface area contributed by atoms with E-state index in [4.69, 9.17) is 17.3 Å². The van der Waals surface area contributed by atoms with E-state index in [1.807, 2.05) is 6.92 Å². The van der Waals surface area contributed by atoms with Gasteiger partial charge in [-0.1, -0.05) is 23.7 Å². The Hall–Kier alpha value is -1.55. The number of hydrogen-bond donors (Lipinski definition) is 1. The quantitative estimate of drug-likeness (QED) is 0.914. The van der Waals surface area contributed by atoms with Gasteiger partial charge in [-0.15, -0.1) is 0 Å². The van der Waals surface area contributed by atoms with E-state index in [-0.39, 0.29) is 11.9 Å². The van der Waals surface area contributed by atoms with Crippen LogP contribution >= 0.6 is 11.6 Å².